The van der Waals surface area contributed by atoms with Crippen LogP contribution in [0.4, 0.5) is 5.69 Å². The number of aromatic nitrogens is 4. The van der Waals surface area contributed by atoms with Crippen molar-refractivity contribution in [2.75, 3.05) is 0 Å². The molecule has 0 fully saturated rings. The van der Waals surface area contributed by atoms with Gasteiger partial charge >= 0.3 is 0 Å². The van der Waals surface area contributed by atoms with E-state index in [4.69, 9.17) is 21.5 Å². The fourth-order valence-electron chi connectivity index (χ4n) is 7.75. The molecule has 0 bridgehead atoms. The first-order chi connectivity index (χ1) is 29.7. The van der Waals surface area contributed by atoms with Crippen molar-refractivity contribution in [3.05, 3.63) is 229 Å². The van der Waals surface area contributed by atoms with E-state index in [0.29, 0.717) is 28.7 Å². The minimum Gasteiger partial charge on any atom is -0.309 e. The van der Waals surface area contributed by atoms with Crippen LogP contribution < -0.4 is 0 Å². The van der Waals surface area contributed by atoms with Crippen molar-refractivity contribution in [1.82, 2.24) is 19.5 Å². The smallest absolute Gasteiger partial charge is 0.188 e. The highest BCUT2D eigenvalue weighted by molar-refractivity contribution is 6.17. The van der Waals surface area contributed by atoms with Gasteiger partial charge in [-0.1, -0.05) is 185 Å². The van der Waals surface area contributed by atoms with Crippen LogP contribution in [0.5, 0.6) is 0 Å². The van der Waals surface area contributed by atoms with Gasteiger partial charge in [0, 0.05) is 27.7 Å². The van der Waals surface area contributed by atoms with E-state index in [-0.39, 0.29) is 5.41 Å². The van der Waals surface area contributed by atoms with Crippen molar-refractivity contribution < 1.29 is 0 Å². The molecule has 0 N–H and O–H groups in total. The lowest BCUT2D eigenvalue weighted by Gasteiger charge is -2.20. The quantitative estimate of drug-likeness (QED) is 0.108. The molecular formula is C56H43N5. The highest BCUT2D eigenvalue weighted by Gasteiger charge is 2.22. The molecule has 0 unspecified atom stereocenters. The van der Waals surface area contributed by atoms with E-state index in [0.717, 1.165) is 66.5 Å². The highest BCUT2D eigenvalue weighted by atomic mass is 15.0. The summed E-state index contributed by atoms with van der Waals surface area (Å²) in [7, 11) is 0. The van der Waals surface area contributed by atoms with Gasteiger partial charge in [-0.3, -0.25) is 0 Å². The van der Waals surface area contributed by atoms with Crippen LogP contribution in [-0.4, -0.2) is 19.5 Å². The third-order valence-electron chi connectivity index (χ3n) is 11.0. The Morgan fingerprint density at radius 2 is 1.08 bits per heavy atom. The lowest BCUT2D eigenvalue weighted by Crippen LogP contribution is -2.10. The minimum atomic E-state index is -0.0680. The van der Waals surface area contributed by atoms with Gasteiger partial charge in [0.1, 0.15) is 0 Å². The molecular weight excluding hydrogens is 743 g/mol. The second-order valence-electron chi connectivity index (χ2n) is 16.1. The summed E-state index contributed by atoms with van der Waals surface area (Å²) >= 11 is 0. The summed E-state index contributed by atoms with van der Waals surface area (Å²) in [6.45, 7) is 19.3. The van der Waals surface area contributed by atoms with Gasteiger partial charge in [-0.25, -0.2) is 19.8 Å². The number of hydrogen-bond acceptors (Lipinski definition) is 3. The molecule has 9 rings (SSSR count). The van der Waals surface area contributed by atoms with Crippen molar-refractivity contribution in [3.63, 3.8) is 0 Å². The minimum absolute atomic E-state index is 0.0680. The van der Waals surface area contributed by atoms with Gasteiger partial charge in [-0.05, 0) is 75.0 Å². The van der Waals surface area contributed by atoms with Crippen molar-refractivity contribution in [2.24, 2.45) is 0 Å². The summed E-state index contributed by atoms with van der Waals surface area (Å²) in [6.07, 6.45) is 4.33. The monoisotopic (exact) mass is 785 g/mol. The van der Waals surface area contributed by atoms with E-state index in [2.05, 4.69) is 158 Å². The fourth-order valence-corrected chi connectivity index (χ4v) is 7.75. The molecule has 0 aliphatic heterocycles. The fraction of sp³-hybridized carbons (Fsp3) is 0.0714. The zero-order chi connectivity index (χ0) is 41.9. The largest absolute Gasteiger partial charge is 0.309 e. The molecule has 7 aromatic carbocycles. The summed E-state index contributed by atoms with van der Waals surface area (Å²) in [4.78, 5) is 19.0. The Morgan fingerprint density at radius 3 is 1.69 bits per heavy atom. The van der Waals surface area contributed by atoms with Gasteiger partial charge in [0.15, 0.2) is 23.2 Å². The molecule has 2 aromatic heterocycles. The SMILES string of the molecule is [C-]#[N+]c1ccc2c(c1)c1cc(C(C)(C)C)ccc1n2C(=C\c1ccccc1)/C(=C\C(=C)c1nc(-c2ccccc2)nc(-c2ccc(-c3ccccc3)cc2)n1)c1ccccc1. The van der Waals surface area contributed by atoms with Crippen LogP contribution in [0.15, 0.2) is 195 Å². The molecule has 2 heterocycles. The van der Waals surface area contributed by atoms with Crippen LogP contribution in [0.1, 0.15) is 43.3 Å². The summed E-state index contributed by atoms with van der Waals surface area (Å²) in [5.41, 5.74) is 12.3. The first kappa shape index (κ1) is 38.6. The molecule has 9 aromatic rings. The molecule has 61 heavy (non-hydrogen) atoms. The molecule has 0 saturated carbocycles. The van der Waals surface area contributed by atoms with Gasteiger partial charge < -0.3 is 4.57 Å². The van der Waals surface area contributed by atoms with Crippen molar-refractivity contribution in [3.8, 4) is 33.9 Å². The predicted octanol–water partition coefficient (Wildman–Crippen LogP) is 14.6. The molecule has 0 aliphatic rings. The number of hydrogen-bond donors (Lipinski definition) is 0. The second-order valence-corrected chi connectivity index (χ2v) is 16.1. The summed E-state index contributed by atoms with van der Waals surface area (Å²) in [5.74, 6) is 1.60. The first-order valence-electron chi connectivity index (χ1n) is 20.4. The Hall–Kier alpha value is -7.94. The summed E-state index contributed by atoms with van der Waals surface area (Å²) in [5, 5.41) is 2.11. The maximum absolute atomic E-state index is 7.90. The third kappa shape index (κ3) is 7.96. The average molecular weight is 786 g/mol. The Kier molecular flexibility index (Phi) is 10.4. The molecule has 0 amide bonds. The lowest BCUT2D eigenvalue weighted by atomic mass is 9.86. The van der Waals surface area contributed by atoms with E-state index in [1.807, 2.05) is 72.8 Å². The average Bonchev–Trinajstić information content (AvgIpc) is 3.63. The van der Waals surface area contributed by atoms with E-state index < -0.39 is 0 Å². The molecule has 0 radical (unpaired) electrons. The van der Waals surface area contributed by atoms with E-state index in [9.17, 15) is 0 Å². The maximum atomic E-state index is 7.90. The molecule has 292 valence electrons. The second kappa shape index (κ2) is 16.4. The molecule has 5 nitrogen and oxygen atoms in total. The maximum Gasteiger partial charge on any atom is 0.188 e. The lowest BCUT2D eigenvalue weighted by molar-refractivity contribution is 0.591. The highest BCUT2D eigenvalue weighted by Crippen LogP contribution is 2.41. The van der Waals surface area contributed by atoms with Crippen LogP contribution in [-0.2, 0) is 5.41 Å². The third-order valence-corrected chi connectivity index (χ3v) is 11.0. The van der Waals surface area contributed by atoms with Crippen molar-refractivity contribution >= 4 is 50.4 Å². The van der Waals surface area contributed by atoms with E-state index in [1.165, 1.54) is 5.56 Å². The number of nitrogens with zero attached hydrogens (tertiary/aromatic N) is 5. The van der Waals surface area contributed by atoms with Crippen LogP contribution in [0.3, 0.4) is 0 Å². The molecule has 0 aliphatic carbocycles. The number of fused-ring (bicyclic) bond motifs is 3. The normalized spacial score (nSPS) is 12.1. The van der Waals surface area contributed by atoms with E-state index >= 15 is 0 Å². The summed E-state index contributed by atoms with van der Waals surface area (Å²) in [6, 6.07) is 62.2. The standard InChI is InChI=1S/C56H43N5/c1-38(53-58-54(43-24-16-9-17-25-43)60-55(59-53)44-28-26-41(27-29-44)40-20-12-7-13-21-40)34-47(42-22-14-8-15-23-42)52(35-39-18-10-6-11-19-39)61-50-32-30-45(56(2,3)4)36-48(50)49-37-46(57-5)31-33-51(49)61/h6-37H,1H2,2-4H3/b47-34-,52-35-. The molecule has 0 spiro atoms. The van der Waals surface area contributed by atoms with E-state index in [1.54, 1.807) is 0 Å². The Bertz CT molecular complexity index is 3150. The Morgan fingerprint density at radius 1 is 0.574 bits per heavy atom. The topological polar surface area (TPSA) is 48.0 Å². The molecule has 0 saturated heterocycles. The molecule has 5 heteroatoms. The summed E-state index contributed by atoms with van der Waals surface area (Å²) < 4.78 is 2.33. The van der Waals surface area contributed by atoms with Crippen molar-refractivity contribution in [1.29, 1.82) is 0 Å². The van der Waals surface area contributed by atoms with Crippen molar-refractivity contribution in [2.45, 2.75) is 26.2 Å². The van der Waals surface area contributed by atoms with Gasteiger partial charge in [-0.15, -0.1) is 0 Å². The number of benzene rings is 7. The predicted molar refractivity (Wildman–Crippen MR) is 255 cm³/mol. The number of allylic oxidation sites excluding steroid dienone is 4. The first-order valence-corrected chi connectivity index (χ1v) is 20.4. The Labute approximate surface area is 357 Å². The van der Waals surface area contributed by atoms with Gasteiger partial charge in [0.05, 0.1) is 23.3 Å². The van der Waals surface area contributed by atoms with Gasteiger partial charge in [0.25, 0.3) is 0 Å². The van der Waals surface area contributed by atoms with Crippen LogP contribution in [0.2, 0.25) is 0 Å². The molecule has 0 atom stereocenters. The number of rotatable bonds is 9. The Balaban J connectivity index is 1.27. The van der Waals surface area contributed by atoms with Crippen LogP contribution in [0.25, 0.3) is 83.5 Å². The van der Waals surface area contributed by atoms with Crippen LogP contribution >= 0.6 is 0 Å². The zero-order valence-electron chi connectivity index (χ0n) is 34.4. The van der Waals surface area contributed by atoms with Gasteiger partial charge in [0.2, 0.25) is 0 Å². The zero-order valence-corrected chi connectivity index (χ0v) is 34.4. The van der Waals surface area contributed by atoms with Crippen LogP contribution in [0, 0.1) is 6.57 Å². The van der Waals surface area contributed by atoms with Gasteiger partial charge in [-0.2, -0.15) is 0 Å².